The van der Waals surface area contributed by atoms with Crippen molar-refractivity contribution in [3.8, 4) is 11.5 Å². The Morgan fingerprint density at radius 2 is 1.79 bits per heavy atom. The van der Waals surface area contributed by atoms with Crippen molar-refractivity contribution in [3.05, 3.63) is 72.4 Å². The predicted molar refractivity (Wildman–Crippen MR) is 140 cm³/mol. The monoisotopic (exact) mass is 534 g/mol. The molecule has 3 aromatic heterocycles. The molecule has 0 atom stereocenters. The van der Waals surface area contributed by atoms with E-state index in [1.54, 1.807) is 63.1 Å². The molecular formula is C27H26F2N7O3+. The first-order valence-corrected chi connectivity index (χ1v) is 12.0. The molecule has 2 aromatic carbocycles. The maximum Gasteiger partial charge on any atom is 0.412 e. The van der Waals surface area contributed by atoms with Crippen LogP contribution in [0.25, 0.3) is 16.6 Å². The molecule has 3 heterocycles. The Balaban J connectivity index is 1.43. The smallest absolute Gasteiger partial charge is 0.412 e. The molecule has 5 rings (SSSR count). The van der Waals surface area contributed by atoms with E-state index < -0.39 is 23.3 Å². The summed E-state index contributed by atoms with van der Waals surface area (Å²) in [6, 6.07) is 9.45. The minimum atomic E-state index is -0.815. The number of aromatic nitrogens is 5. The molecule has 12 heteroatoms. The molecule has 0 saturated carbocycles. The number of nitrogens with one attached hydrogen (secondary N) is 2. The quantitative estimate of drug-likeness (QED) is 0.284. The number of carbonyl (C=O) groups is 1. The van der Waals surface area contributed by atoms with Crippen molar-refractivity contribution in [3.63, 3.8) is 0 Å². The van der Waals surface area contributed by atoms with Crippen LogP contribution in [0.4, 0.5) is 30.8 Å². The van der Waals surface area contributed by atoms with E-state index in [1.165, 1.54) is 24.5 Å². The number of aryl methyl sites for hydroxylation is 1. The summed E-state index contributed by atoms with van der Waals surface area (Å²) in [4.78, 5) is 24.7. The molecule has 2 N–H and O–H groups in total. The van der Waals surface area contributed by atoms with E-state index in [2.05, 4.69) is 25.6 Å². The second-order valence-electron chi connectivity index (χ2n) is 9.83. The Morgan fingerprint density at radius 1 is 1.03 bits per heavy atom. The number of hydrogen-bond acceptors (Lipinski definition) is 7. The SMILES string of the molecule is Cc1c(Oc2ccn3c(c2)nc[n+]3C)ccc(Nc2ncnc3ccc(NC(=O)OC(C)(C)C)c(F)c23)c1F. The number of nitrogens with zero attached hydrogens (tertiary/aromatic N) is 5. The van der Waals surface area contributed by atoms with Crippen LogP contribution in [0, 0.1) is 18.6 Å². The van der Waals surface area contributed by atoms with Crippen LogP contribution in [-0.4, -0.2) is 31.2 Å². The fourth-order valence-electron chi connectivity index (χ4n) is 3.93. The number of amides is 1. The van der Waals surface area contributed by atoms with Crippen LogP contribution < -0.4 is 20.1 Å². The number of ether oxygens (including phenoxy) is 2. The maximum atomic E-state index is 15.5. The summed E-state index contributed by atoms with van der Waals surface area (Å²) in [5.74, 6) is -0.570. The molecule has 0 fully saturated rings. The Labute approximate surface area is 222 Å². The first-order chi connectivity index (χ1) is 18.5. The average molecular weight is 535 g/mol. The van der Waals surface area contributed by atoms with Gasteiger partial charge in [-0.05, 0) is 56.9 Å². The zero-order valence-corrected chi connectivity index (χ0v) is 21.9. The van der Waals surface area contributed by atoms with Gasteiger partial charge in [0.1, 0.15) is 36.3 Å². The van der Waals surface area contributed by atoms with Gasteiger partial charge >= 0.3 is 12.4 Å². The summed E-state index contributed by atoms with van der Waals surface area (Å²) in [5.41, 5.74) is 0.338. The summed E-state index contributed by atoms with van der Waals surface area (Å²) < 4.78 is 45.7. The highest BCUT2D eigenvalue weighted by Gasteiger charge is 2.21. The average Bonchev–Trinajstić information content (AvgIpc) is 3.24. The molecule has 10 nitrogen and oxygen atoms in total. The molecule has 0 aliphatic rings. The van der Waals surface area contributed by atoms with Crippen molar-refractivity contribution in [2.24, 2.45) is 7.05 Å². The normalized spacial score (nSPS) is 11.6. The van der Waals surface area contributed by atoms with Gasteiger partial charge in [0.15, 0.2) is 11.6 Å². The van der Waals surface area contributed by atoms with E-state index in [-0.39, 0.29) is 33.7 Å². The standard InChI is InChI=1S/C27H25F2N7O3/c1-15-20(38-16-10-11-36-21(12-16)32-14-35(36)5)9-8-18(23(15)28)33-25-22-17(30-13-31-25)6-7-19(24(22)29)34-26(37)39-27(2,3)4/h6-14H,1-5H3,(H-,30,31,33,34,37)/p+1. The lowest BCUT2D eigenvalue weighted by atomic mass is 10.1. The van der Waals surface area contributed by atoms with Crippen LogP contribution in [-0.2, 0) is 11.8 Å². The Kier molecular flexibility index (Phi) is 6.46. The van der Waals surface area contributed by atoms with Gasteiger partial charge in [-0.1, -0.05) is 0 Å². The van der Waals surface area contributed by atoms with Gasteiger partial charge < -0.3 is 14.8 Å². The van der Waals surface area contributed by atoms with E-state index in [0.29, 0.717) is 17.1 Å². The van der Waals surface area contributed by atoms with Gasteiger partial charge in [-0.3, -0.25) is 5.32 Å². The minimum Gasteiger partial charge on any atom is -0.457 e. The molecular weight excluding hydrogens is 508 g/mol. The van der Waals surface area contributed by atoms with Crippen LogP contribution in [0.5, 0.6) is 11.5 Å². The number of halogens is 2. The summed E-state index contributed by atoms with van der Waals surface area (Å²) in [6.07, 6.45) is 3.88. The predicted octanol–water partition coefficient (Wildman–Crippen LogP) is 5.57. The van der Waals surface area contributed by atoms with Gasteiger partial charge in [-0.25, -0.2) is 23.5 Å². The van der Waals surface area contributed by atoms with Crippen LogP contribution >= 0.6 is 0 Å². The largest absolute Gasteiger partial charge is 0.457 e. The molecule has 39 heavy (non-hydrogen) atoms. The Bertz CT molecular complexity index is 1730. The van der Waals surface area contributed by atoms with Gasteiger partial charge in [0, 0.05) is 11.6 Å². The van der Waals surface area contributed by atoms with E-state index in [4.69, 9.17) is 9.47 Å². The summed E-state index contributed by atoms with van der Waals surface area (Å²) in [7, 11) is 1.86. The molecule has 0 bridgehead atoms. The van der Waals surface area contributed by atoms with Crippen LogP contribution in [0.15, 0.2) is 55.2 Å². The van der Waals surface area contributed by atoms with Crippen LogP contribution in [0.3, 0.4) is 0 Å². The lowest BCUT2D eigenvalue weighted by Gasteiger charge is -2.20. The van der Waals surface area contributed by atoms with Crippen molar-refractivity contribution in [2.75, 3.05) is 10.6 Å². The molecule has 0 spiro atoms. The Morgan fingerprint density at radius 3 is 2.56 bits per heavy atom. The lowest BCUT2D eigenvalue weighted by molar-refractivity contribution is -0.739. The molecule has 0 radical (unpaired) electrons. The molecule has 0 saturated heterocycles. The van der Waals surface area contributed by atoms with E-state index >= 15 is 8.78 Å². The number of fused-ring (bicyclic) bond motifs is 2. The molecule has 0 aliphatic heterocycles. The number of carbonyl (C=O) groups excluding carboxylic acids is 1. The molecule has 0 unspecified atom stereocenters. The third kappa shape index (κ3) is 5.26. The van der Waals surface area contributed by atoms with Crippen molar-refractivity contribution >= 4 is 39.8 Å². The van der Waals surface area contributed by atoms with Crippen LogP contribution in [0.2, 0.25) is 0 Å². The molecule has 5 aromatic rings. The lowest BCUT2D eigenvalue weighted by Crippen LogP contribution is -2.33. The topological polar surface area (TPSA) is 107 Å². The van der Waals surface area contributed by atoms with E-state index in [9.17, 15) is 4.79 Å². The zero-order chi connectivity index (χ0) is 27.9. The molecule has 1 amide bonds. The first kappa shape index (κ1) is 25.8. The second kappa shape index (κ2) is 9.78. The van der Waals surface area contributed by atoms with Crippen LogP contribution in [0.1, 0.15) is 26.3 Å². The number of rotatable bonds is 5. The molecule has 200 valence electrons. The number of anilines is 3. The Hall–Kier alpha value is -4.87. The van der Waals surface area contributed by atoms with Crippen molar-refractivity contribution in [1.82, 2.24) is 19.5 Å². The van der Waals surface area contributed by atoms with Gasteiger partial charge in [0.2, 0.25) is 0 Å². The number of pyridine rings is 1. The second-order valence-corrected chi connectivity index (χ2v) is 9.83. The third-order valence-corrected chi connectivity index (χ3v) is 5.78. The first-order valence-electron chi connectivity index (χ1n) is 12.0. The summed E-state index contributed by atoms with van der Waals surface area (Å²) in [6.45, 7) is 6.67. The van der Waals surface area contributed by atoms with E-state index in [0.717, 1.165) is 0 Å². The number of hydrogen-bond donors (Lipinski definition) is 2. The van der Waals surface area contributed by atoms with Gasteiger partial charge in [-0.15, -0.1) is 4.52 Å². The highest BCUT2D eigenvalue weighted by molar-refractivity contribution is 5.96. The fourth-order valence-corrected chi connectivity index (χ4v) is 3.93. The summed E-state index contributed by atoms with van der Waals surface area (Å²) >= 11 is 0. The van der Waals surface area contributed by atoms with Gasteiger partial charge in [0.05, 0.1) is 34.5 Å². The highest BCUT2D eigenvalue weighted by Crippen LogP contribution is 2.34. The van der Waals surface area contributed by atoms with Crippen molar-refractivity contribution < 1.29 is 27.7 Å². The number of benzene rings is 2. The van der Waals surface area contributed by atoms with Crippen molar-refractivity contribution in [1.29, 1.82) is 0 Å². The zero-order valence-electron chi connectivity index (χ0n) is 21.9. The maximum absolute atomic E-state index is 15.5. The van der Waals surface area contributed by atoms with Gasteiger partial charge in [0.25, 0.3) is 5.65 Å². The fraction of sp³-hybridized carbons (Fsp3) is 0.222. The summed E-state index contributed by atoms with van der Waals surface area (Å²) in [5, 5.41) is 5.22. The minimum absolute atomic E-state index is 0.0231. The molecule has 0 aliphatic carbocycles. The van der Waals surface area contributed by atoms with Crippen molar-refractivity contribution in [2.45, 2.75) is 33.3 Å². The van der Waals surface area contributed by atoms with E-state index in [1.807, 2.05) is 11.6 Å². The van der Waals surface area contributed by atoms with Gasteiger partial charge in [-0.2, -0.15) is 4.68 Å². The third-order valence-electron chi connectivity index (χ3n) is 5.78. The highest BCUT2D eigenvalue weighted by atomic mass is 19.1.